The van der Waals surface area contributed by atoms with Crippen molar-refractivity contribution in [1.29, 1.82) is 0 Å². The molecule has 0 saturated heterocycles. The van der Waals surface area contributed by atoms with Crippen molar-refractivity contribution in [2.75, 3.05) is 0 Å². The van der Waals surface area contributed by atoms with Gasteiger partial charge in [-0.1, -0.05) is 0 Å². The molecular formula is C13H15N3O. The lowest BCUT2D eigenvalue weighted by molar-refractivity contribution is 0.0972. The van der Waals surface area contributed by atoms with E-state index < -0.39 is 0 Å². The fourth-order valence-corrected chi connectivity index (χ4v) is 2.56. The zero-order chi connectivity index (χ0) is 11.8. The summed E-state index contributed by atoms with van der Waals surface area (Å²) in [6.07, 6.45) is 6.41. The molecule has 1 N–H and O–H groups in total. The Morgan fingerprint density at radius 2 is 2.35 bits per heavy atom. The molecule has 4 nitrogen and oxygen atoms in total. The summed E-state index contributed by atoms with van der Waals surface area (Å²) in [6, 6.07) is 2.02. The number of aromatic nitrogens is 3. The van der Waals surface area contributed by atoms with E-state index in [1.807, 2.05) is 18.5 Å². The van der Waals surface area contributed by atoms with Gasteiger partial charge in [0.25, 0.3) is 0 Å². The Bertz CT molecular complexity index is 551. The minimum atomic E-state index is 0.292. The van der Waals surface area contributed by atoms with Crippen LogP contribution in [0.5, 0.6) is 0 Å². The molecule has 17 heavy (non-hydrogen) atoms. The number of H-pyrrole nitrogens is 1. The van der Waals surface area contributed by atoms with Crippen LogP contribution in [0.2, 0.25) is 0 Å². The summed E-state index contributed by atoms with van der Waals surface area (Å²) in [5, 5.41) is 6.77. The molecule has 2 aromatic heterocycles. The van der Waals surface area contributed by atoms with Gasteiger partial charge in [-0.3, -0.25) is 9.89 Å². The Morgan fingerprint density at radius 1 is 1.47 bits per heavy atom. The summed E-state index contributed by atoms with van der Waals surface area (Å²) in [5.41, 5.74) is 4.42. The van der Waals surface area contributed by atoms with Crippen LogP contribution in [0.15, 0.2) is 18.5 Å². The van der Waals surface area contributed by atoms with Crippen LogP contribution in [0.3, 0.4) is 0 Å². The van der Waals surface area contributed by atoms with E-state index in [0.717, 1.165) is 36.2 Å². The van der Waals surface area contributed by atoms with Crippen LogP contribution in [-0.2, 0) is 13.0 Å². The average Bonchev–Trinajstić information content (AvgIpc) is 2.91. The monoisotopic (exact) mass is 229 g/mol. The van der Waals surface area contributed by atoms with Crippen LogP contribution in [0.1, 0.15) is 40.2 Å². The standard InChI is InChI=1S/C13H15N3O/c1-9-5-11-12(3-2-4-13(11)17)16(9)8-10-6-14-15-7-10/h5-7H,2-4,8H2,1H3,(H,14,15). The number of ketones is 1. The smallest absolute Gasteiger partial charge is 0.164 e. The molecule has 0 spiro atoms. The predicted molar refractivity (Wildman–Crippen MR) is 64.1 cm³/mol. The third-order valence-electron chi connectivity index (χ3n) is 3.43. The van der Waals surface area contributed by atoms with E-state index >= 15 is 0 Å². The summed E-state index contributed by atoms with van der Waals surface area (Å²) in [5.74, 6) is 0.292. The van der Waals surface area contributed by atoms with E-state index in [1.54, 1.807) is 0 Å². The van der Waals surface area contributed by atoms with Gasteiger partial charge in [-0.25, -0.2) is 0 Å². The van der Waals surface area contributed by atoms with Crippen LogP contribution in [0.25, 0.3) is 0 Å². The van der Waals surface area contributed by atoms with Gasteiger partial charge in [0.2, 0.25) is 0 Å². The highest BCUT2D eigenvalue weighted by Gasteiger charge is 2.22. The SMILES string of the molecule is Cc1cc2c(n1Cc1cn[nH]c1)CCCC2=O. The number of hydrogen-bond donors (Lipinski definition) is 1. The van der Waals surface area contributed by atoms with Crippen molar-refractivity contribution in [3.63, 3.8) is 0 Å². The molecular weight excluding hydrogens is 214 g/mol. The second-order valence-electron chi connectivity index (χ2n) is 4.62. The highest BCUT2D eigenvalue weighted by molar-refractivity contribution is 5.98. The maximum atomic E-state index is 11.8. The molecule has 0 fully saturated rings. The van der Waals surface area contributed by atoms with Crippen molar-refractivity contribution in [3.05, 3.63) is 41.0 Å². The lowest BCUT2D eigenvalue weighted by atomic mass is 9.96. The first-order chi connectivity index (χ1) is 8.25. The average molecular weight is 229 g/mol. The molecule has 0 aliphatic heterocycles. The molecule has 1 aliphatic carbocycles. The predicted octanol–water partition coefficient (Wildman–Crippen LogP) is 2.09. The van der Waals surface area contributed by atoms with Gasteiger partial charge in [-0.2, -0.15) is 5.10 Å². The van der Waals surface area contributed by atoms with Crippen LogP contribution in [-0.4, -0.2) is 20.5 Å². The second kappa shape index (κ2) is 3.87. The summed E-state index contributed by atoms with van der Waals surface area (Å²) in [7, 11) is 0. The lowest BCUT2D eigenvalue weighted by Crippen LogP contribution is -2.14. The number of hydrogen-bond acceptors (Lipinski definition) is 2. The van der Waals surface area contributed by atoms with Gasteiger partial charge in [-0.15, -0.1) is 0 Å². The Balaban J connectivity index is 2.02. The molecule has 1 aliphatic rings. The van der Waals surface area contributed by atoms with Crippen molar-refractivity contribution in [1.82, 2.24) is 14.8 Å². The topological polar surface area (TPSA) is 50.7 Å². The maximum Gasteiger partial charge on any atom is 0.164 e. The molecule has 4 heteroatoms. The number of nitrogens with one attached hydrogen (secondary N) is 1. The number of aromatic amines is 1. The van der Waals surface area contributed by atoms with Crippen LogP contribution in [0, 0.1) is 6.92 Å². The van der Waals surface area contributed by atoms with Gasteiger partial charge in [0.05, 0.1) is 12.7 Å². The van der Waals surface area contributed by atoms with Crippen LogP contribution < -0.4 is 0 Å². The van der Waals surface area contributed by atoms with E-state index in [0.29, 0.717) is 12.2 Å². The molecule has 0 unspecified atom stereocenters. The van der Waals surface area contributed by atoms with Crippen molar-refractivity contribution in [2.24, 2.45) is 0 Å². The van der Waals surface area contributed by atoms with Gasteiger partial charge in [-0.05, 0) is 25.8 Å². The molecule has 0 bridgehead atoms. The van der Waals surface area contributed by atoms with Gasteiger partial charge in [0, 0.05) is 35.1 Å². The molecule has 0 saturated carbocycles. The summed E-state index contributed by atoms with van der Waals surface area (Å²) < 4.78 is 2.23. The molecule has 3 rings (SSSR count). The molecule has 2 heterocycles. The molecule has 88 valence electrons. The summed E-state index contributed by atoms with van der Waals surface area (Å²) in [4.78, 5) is 11.8. The van der Waals surface area contributed by atoms with Crippen LogP contribution in [0.4, 0.5) is 0 Å². The molecule has 0 radical (unpaired) electrons. The van der Waals surface area contributed by atoms with Gasteiger partial charge < -0.3 is 4.57 Å². The Labute approximate surface area is 99.7 Å². The number of aryl methyl sites for hydroxylation is 1. The zero-order valence-corrected chi connectivity index (χ0v) is 9.86. The normalized spacial score (nSPS) is 15.0. The first kappa shape index (κ1) is 10.3. The quantitative estimate of drug-likeness (QED) is 0.857. The van der Waals surface area contributed by atoms with E-state index in [1.165, 1.54) is 5.69 Å². The maximum absolute atomic E-state index is 11.8. The third kappa shape index (κ3) is 1.69. The highest BCUT2D eigenvalue weighted by atomic mass is 16.1. The van der Waals surface area contributed by atoms with E-state index in [9.17, 15) is 4.79 Å². The zero-order valence-electron chi connectivity index (χ0n) is 9.86. The molecule has 0 aromatic carbocycles. The van der Waals surface area contributed by atoms with E-state index in [2.05, 4.69) is 21.7 Å². The van der Waals surface area contributed by atoms with Crippen LogP contribution >= 0.6 is 0 Å². The highest BCUT2D eigenvalue weighted by Crippen LogP contribution is 2.25. The minimum Gasteiger partial charge on any atom is -0.344 e. The van der Waals surface area contributed by atoms with Crippen molar-refractivity contribution in [3.8, 4) is 0 Å². The summed E-state index contributed by atoms with van der Waals surface area (Å²) >= 11 is 0. The van der Waals surface area contributed by atoms with Crippen molar-refractivity contribution >= 4 is 5.78 Å². The number of carbonyl (C=O) groups excluding carboxylic acids is 1. The van der Waals surface area contributed by atoms with Crippen molar-refractivity contribution in [2.45, 2.75) is 32.7 Å². The third-order valence-corrected chi connectivity index (χ3v) is 3.43. The Hall–Kier alpha value is -1.84. The molecule has 0 atom stereocenters. The molecule has 0 amide bonds. The second-order valence-corrected chi connectivity index (χ2v) is 4.62. The summed E-state index contributed by atoms with van der Waals surface area (Å²) in [6.45, 7) is 2.86. The number of Topliss-reactive ketones (excluding diaryl/α,β-unsaturated/α-hetero) is 1. The lowest BCUT2D eigenvalue weighted by Gasteiger charge is -2.15. The fraction of sp³-hybridized carbons (Fsp3) is 0.385. The number of fused-ring (bicyclic) bond motifs is 1. The Morgan fingerprint density at radius 3 is 3.12 bits per heavy atom. The number of rotatable bonds is 2. The first-order valence-corrected chi connectivity index (χ1v) is 5.95. The number of carbonyl (C=O) groups is 1. The van der Waals surface area contributed by atoms with Gasteiger partial charge in [0.15, 0.2) is 5.78 Å². The Kier molecular flexibility index (Phi) is 2.35. The van der Waals surface area contributed by atoms with Gasteiger partial charge >= 0.3 is 0 Å². The van der Waals surface area contributed by atoms with Gasteiger partial charge in [0.1, 0.15) is 0 Å². The van der Waals surface area contributed by atoms with E-state index in [4.69, 9.17) is 0 Å². The molecule has 2 aromatic rings. The minimum absolute atomic E-state index is 0.292. The van der Waals surface area contributed by atoms with E-state index in [-0.39, 0.29) is 0 Å². The first-order valence-electron chi connectivity index (χ1n) is 5.95. The largest absolute Gasteiger partial charge is 0.344 e. The number of nitrogens with zero attached hydrogens (tertiary/aromatic N) is 2. The fourth-order valence-electron chi connectivity index (χ4n) is 2.56. The van der Waals surface area contributed by atoms with Crippen molar-refractivity contribution < 1.29 is 4.79 Å².